The van der Waals surface area contributed by atoms with Gasteiger partial charge in [0.05, 0.1) is 21.6 Å². The van der Waals surface area contributed by atoms with Crippen LogP contribution in [-0.4, -0.2) is 29.0 Å². The predicted molar refractivity (Wildman–Crippen MR) is 153 cm³/mol. The molecule has 7 N–H and O–H groups in total. The zero-order valence-corrected chi connectivity index (χ0v) is 21.9. The number of sulfone groups is 1. The summed E-state index contributed by atoms with van der Waals surface area (Å²) < 4.78 is 26.1. The Morgan fingerprint density at radius 3 is 2.32 bits per heavy atom. The zero-order valence-electron chi connectivity index (χ0n) is 21.1. The fourth-order valence-electron chi connectivity index (χ4n) is 5.38. The Labute approximate surface area is 220 Å². The molecule has 0 saturated carbocycles. The average Bonchev–Trinajstić information content (AvgIpc) is 3.46. The van der Waals surface area contributed by atoms with Crippen molar-refractivity contribution in [3.05, 3.63) is 83.4 Å². The van der Waals surface area contributed by atoms with Gasteiger partial charge in [-0.15, -0.1) is 0 Å². The van der Waals surface area contributed by atoms with Gasteiger partial charge in [-0.2, -0.15) is 0 Å². The molecule has 3 aromatic carbocycles. The number of aromatic nitrogens is 3. The number of aryl methyl sites for hydroxylation is 1. The fraction of sp³-hybridized carbons (Fsp3) is 0.138. The fourth-order valence-corrected chi connectivity index (χ4v) is 6.01. The second-order valence-electron chi connectivity index (χ2n) is 9.61. The number of H-pyrrole nitrogens is 1. The molecule has 9 heteroatoms. The Morgan fingerprint density at radius 1 is 0.921 bits per heavy atom. The number of fused-ring (bicyclic) bond motifs is 4. The van der Waals surface area contributed by atoms with E-state index in [1.807, 2.05) is 65.9 Å². The largest absolute Gasteiger partial charge is 0.384 e. The van der Waals surface area contributed by atoms with Gasteiger partial charge in [0.25, 0.3) is 0 Å². The van der Waals surface area contributed by atoms with Crippen LogP contribution in [0.3, 0.4) is 0 Å². The van der Waals surface area contributed by atoms with Gasteiger partial charge in [-0.25, -0.2) is 13.4 Å². The smallest absolute Gasteiger partial charge is 0.175 e. The molecule has 0 atom stereocenters. The Hall–Kier alpha value is -4.18. The van der Waals surface area contributed by atoms with Crippen molar-refractivity contribution in [2.75, 3.05) is 12.0 Å². The van der Waals surface area contributed by atoms with Crippen LogP contribution in [0.2, 0.25) is 0 Å². The van der Waals surface area contributed by atoms with Crippen molar-refractivity contribution < 1.29 is 8.42 Å². The predicted octanol–water partition coefficient (Wildman–Crippen LogP) is 4.51. The quantitative estimate of drug-likeness (QED) is 0.261. The van der Waals surface area contributed by atoms with E-state index in [-0.39, 0.29) is 18.0 Å². The first-order chi connectivity index (χ1) is 18.2. The van der Waals surface area contributed by atoms with E-state index in [4.69, 9.17) is 22.2 Å². The molecule has 6 aromatic rings. The number of rotatable bonds is 5. The zero-order chi connectivity index (χ0) is 26.8. The van der Waals surface area contributed by atoms with Gasteiger partial charge in [-0.3, -0.25) is 4.40 Å². The van der Waals surface area contributed by atoms with Gasteiger partial charge in [-0.1, -0.05) is 36.4 Å². The first-order valence-corrected chi connectivity index (χ1v) is 14.2. The summed E-state index contributed by atoms with van der Waals surface area (Å²) in [4.78, 5) is 8.76. The number of imidazole rings is 1. The number of hydrogen-bond donors (Lipinski definition) is 4. The van der Waals surface area contributed by atoms with Crippen molar-refractivity contribution in [3.63, 3.8) is 0 Å². The van der Waals surface area contributed by atoms with Crippen LogP contribution in [0.25, 0.3) is 50.0 Å². The first kappa shape index (κ1) is 24.2. The van der Waals surface area contributed by atoms with Crippen LogP contribution in [-0.2, 0) is 22.9 Å². The molecule has 6 rings (SSSR count). The number of nitrogens with zero attached hydrogens (tertiary/aromatic N) is 2. The van der Waals surface area contributed by atoms with Gasteiger partial charge < -0.3 is 22.2 Å². The number of benzene rings is 3. The number of nitrogens with one attached hydrogen (secondary N) is 1. The van der Waals surface area contributed by atoms with Crippen LogP contribution in [0, 0.1) is 6.92 Å². The molecule has 0 radical (unpaired) electrons. The van der Waals surface area contributed by atoms with Gasteiger partial charge in [0.15, 0.2) is 9.84 Å². The summed E-state index contributed by atoms with van der Waals surface area (Å²) in [6, 6.07) is 20.9. The van der Waals surface area contributed by atoms with Crippen molar-refractivity contribution in [2.24, 2.45) is 11.5 Å². The highest BCUT2D eigenvalue weighted by atomic mass is 32.2. The molecule has 0 spiro atoms. The molecule has 192 valence electrons. The molecule has 0 saturated heterocycles. The molecular formula is C29H28N6O2S. The Balaban J connectivity index is 1.75. The molecule has 0 aliphatic heterocycles. The van der Waals surface area contributed by atoms with Crippen LogP contribution in [0.4, 0.5) is 5.82 Å². The lowest BCUT2D eigenvalue weighted by molar-refractivity contribution is 0.602. The second kappa shape index (κ2) is 8.70. The lowest BCUT2D eigenvalue weighted by atomic mass is 9.91. The first-order valence-electron chi connectivity index (χ1n) is 12.3. The molecule has 3 aromatic heterocycles. The van der Waals surface area contributed by atoms with Crippen LogP contribution in [0.15, 0.2) is 71.6 Å². The monoisotopic (exact) mass is 524 g/mol. The minimum absolute atomic E-state index is 0.196. The van der Waals surface area contributed by atoms with Crippen LogP contribution in [0.1, 0.15) is 16.7 Å². The number of para-hydroxylation sites is 1. The van der Waals surface area contributed by atoms with Gasteiger partial charge in [-0.05, 0) is 48.4 Å². The number of nitrogens with two attached hydrogens (primary N) is 3. The topological polar surface area (TPSA) is 145 Å². The normalized spacial score (nSPS) is 12.2. The molecule has 38 heavy (non-hydrogen) atoms. The molecule has 8 nitrogen and oxygen atoms in total. The lowest BCUT2D eigenvalue weighted by Gasteiger charge is -2.19. The number of pyridine rings is 1. The van der Waals surface area contributed by atoms with E-state index in [0.717, 1.165) is 61.0 Å². The van der Waals surface area contributed by atoms with Crippen molar-refractivity contribution in [2.45, 2.75) is 24.9 Å². The summed E-state index contributed by atoms with van der Waals surface area (Å²) in [6.07, 6.45) is 1.20. The number of anilines is 1. The van der Waals surface area contributed by atoms with Gasteiger partial charge >= 0.3 is 0 Å². The van der Waals surface area contributed by atoms with Gasteiger partial charge in [0, 0.05) is 52.5 Å². The number of hydrogen-bond acceptors (Lipinski definition) is 6. The number of aromatic amines is 1. The number of nitrogen functional groups attached to an aromatic ring is 1. The maximum atomic E-state index is 12.1. The van der Waals surface area contributed by atoms with Crippen LogP contribution in [0.5, 0.6) is 0 Å². The lowest BCUT2D eigenvalue weighted by Crippen LogP contribution is -2.14. The van der Waals surface area contributed by atoms with E-state index in [9.17, 15) is 8.42 Å². The van der Waals surface area contributed by atoms with E-state index in [2.05, 4.69) is 4.98 Å². The minimum Gasteiger partial charge on any atom is -0.384 e. The highest BCUT2D eigenvalue weighted by Gasteiger charge is 2.26. The summed E-state index contributed by atoms with van der Waals surface area (Å²) in [5.74, 6) is 0.518. The van der Waals surface area contributed by atoms with Crippen LogP contribution < -0.4 is 17.2 Å². The van der Waals surface area contributed by atoms with Crippen molar-refractivity contribution in [1.29, 1.82) is 0 Å². The molecule has 0 bridgehead atoms. The minimum atomic E-state index is -3.33. The highest BCUT2D eigenvalue weighted by molar-refractivity contribution is 7.90. The third-order valence-electron chi connectivity index (χ3n) is 7.17. The average molecular weight is 525 g/mol. The highest BCUT2D eigenvalue weighted by Crippen LogP contribution is 2.44. The van der Waals surface area contributed by atoms with E-state index < -0.39 is 9.84 Å². The van der Waals surface area contributed by atoms with Crippen molar-refractivity contribution in [1.82, 2.24) is 14.4 Å². The van der Waals surface area contributed by atoms with Crippen molar-refractivity contribution >= 4 is 43.2 Å². The van der Waals surface area contributed by atoms with Gasteiger partial charge in [0.1, 0.15) is 11.5 Å². The Morgan fingerprint density at radius 2 is 1.63 bits per heavy atom. The van der Waals surface area contributed by atoms with Crippen LogP contribution >= 0.6 is 0 Å². The maximum absolute atomic E-state index is 12.1. The summed E-state index contributed by atoms with van der Waals surface area (Å²) in [5.41, 5.74) is 29.1. The molecule has 3 heterocycles. The molecule has 0 amide bonds. The third kappa shape index (κ3) is 3.59. The van der Waals surface area contributed by atoms with E-state index in [1.54, 1.807) is 12.1 Å². The molecule has 0 aliphatic rings. The summed E-state index contributed by atoms with van der Waals surface area (Å²) >= 11 is 0. The Bertz CT molecular complexity index is 1990. The molecule has 0 unspecified atom stereocenters. The maximum Gasteiger partial charge on any atom is 0.175 e. The molecular weight excluding hydrogens is 496 g/mol. The SMILES string of the molecule is Cc1ccc2c(c1)nc1c(CN)c(-c3c(-c4ccc(S(C)(=O)=O)cc4)[nH]c4ccccc34)c(CN)c(N)n12. The summed E-state index contributed by atoms with van der Waals surface area (Å²) in [6.45, 7) is 2.45. The summed E-state index contributed by atoms with van der Waals surface area (Å²) in [7, 11) is -3.33. The molecule has 0 aliphatic carbocycles. The Kier molecular flexibility index (Phi) is 5.53. The molecule has 0 fully saturated rings. The standard InChI is InChI=1S/C29H28N6O2S/c1-16-7-12-24-23(13-16)34-29-21(15-31)25(20(14-30)28(32)35(24)29)26-19-5-3-4-6-22(19)33-27(26)17-8-10-18(11-9-17)38(2,36)37/h3-13,33H,14-15,30-32H2,1-2H3. The van der Waals surface area contributed by atoms with E-state index >= 15 is 0 Å². The second-order valence-corrected chi connectivity index (χ2v) is 11.6. The summed E-state index contributed by atoms with van der Waals surface area (Å²) in [5, 5.41) is 0.981. The third-order valence-corrected chi connectivity index (χ3v) is 8.30. The van der Waals surface area contributed by atoms with Crippen molar-refractivity contribution in [3.8, 4) is 22.4 Å². The van der Waals surface area contributed by atoms with Gasteiger partial charge in [0.2, 0.25) is 0 Å². The van der Waals surface area contributed by atoms with E-state index in [1.165, 1.54) is 6.26 Å². The van der Waals surface area contributed by atoms with E-state index in [0.29, 0.717) is 11.5 Å².